The molecule has 0 unspecified atom stereocenters. The summed E-state index contributed by atoms with van der Waals surface area (Å²) in [6.07, 6.45) is 4.12. The summed E-state index contributed by atoms with van der Waals surface area (Å²) in [5.74, 6) is 0. The molecule has 4 heteroatoms. The third-order valence-corrected chi connectivity index (χ3v) is 4.20. The average Bonchev–Trinajstić information content (AvgIpc) is 2.42. The highest BCUT2D eigenvalue weighted by atomic mass is 79.9. The van der Waals surface area contributed by atoms with Crippen LogP contribution in [0.25, 0.3) is 10.9 Å². The van der Waals surface area contributed by atoms with E-state index in [1.165, 1.54) is 12.8 Å². The number of pyridine rings is 1. The molecular formula is C15H17BrN3. The van der Waals surface area contributed by atoms with E-state index >= 15 is 0 Å². The minimum absolute atomic E-state index is 0.539. The van der Waals surface area contributed by atoms with E-state index in [0.29, 0.717) is 6.04 Å². The number of nitrogens with zero attached hydrogens (tertiary/aromatic N) is 2. The molecule has 99 valence electrons. The molecule has 0 atom stereocenters. The standard InChI is InChI=1S/C15H17BrN3/c1-19-8-5-12(6-9-19)18-15-4-7-17-14-3-2-11(16)10-13(14)15/h2-3,7,10,12H,5-6,8-9H2,1H3,(H,17,18). The quantitative estimate of drug-likeness (QED) is 0.920. The van der Waals surface area contributed by atoms with E-state index in [2.05, 4.69) is 50.3 Å². The van der Waals surface area contributed by atoms with Crippen molar-refractivity contribution in [2.45, 2.75) is 18.9 Å². The van der Waals surface area contributed by atoms with Crippen LogP contribution >= 0.6 is 15.9 Å². The van der Waals surface area contributed by atoms with Gasteiger partial charge in [-0.1, -0.05) is 15.9 Å². The van der Waals surface area contributed by atoms with Crippen LogP contribution in [0, 0.1) is 6.07 Å². The van der Waals surface area contributed by atoms with Crippen LogP contribution in [0.2, 0.25) is 0 Å². The Morgan fingerprint density at radius 3 is 2.95 bits per heavy atom. The number of fused-ring (bicyclic) bond motifs is 1. The first kappa shape index (κ1) is 12.9. The molecule has 0 amide bonds. The Labute approximate surface area is 122 Å². The minimum atomic E-state index is 0.539. The zero-order valence-corrected chi connectivity index (χ0v) is 12.6. The SMILES string of the molecule is CN1CCC(Nc2[c]cnc3ccc(Br)cc23)CC1. The molecule has 0 saturated carbocycles. The second-order valence-corrected chi connectivity index (χ2v) is 6.08. The van der Waals surface area contributed by atoms with Crippen molar-refractivity contribution < 1.29 is 0 Å². The van der Waals surface area contributed by atoms with Crippen LogP contribution in [-0.4, -0.2) is 36.1 Å². The van der Waals surface area contributed by atoms with Crippen molar-refractivity contribution in [3.63, 3.8) is 0 Å². The van der Waals surface area contributed by atoms with Gasteiger partial charge in [-0.25, -0.2) is 0 Å². The molecule has 2 aromatic rings. The predicted molar refractivity (Wildman–Crippen MR) is 82.4 cm³/mol. The molecule has 3 rings (SSSR count). The Bertz CT molecular complexity index is 577. The molecule has 0 bridgehead atoms. The highest BCUT2D eigenvalue weighted by molar-refractivity contribution is 9.10. The van der Waals surface area contributed by atoms with Crippen molar-refractivity contribution in [1.82, 2.24) is 9.88 Å². The fourth-order valence-electron chi connectivity index (χ4n) is 2.54. The van der Waals surface area contributed by atoms with Gasteiger partial charge < -0.3 is 10.2 Å². The number of hydrogen-bond donors (Lipinski definition) is 1. The van der Waals surface area contributed by atoms with Gasteiger partial charge in [0.05, 0.1) is 11.2 Å². The van der Waals surface area contributed by atoms with Crippen LogP contribution in [0.5, 0.6) is 0 Å². The van der Waals surface area contributed by atoms with Crippen LogP contribution < -0.4 is 5.32 Å². The van der Waals surface area contributed by atoms with Gasteiger partial charge in [-0.15, -0.1) is 0 Å². The van der Waals surface area contributed by atoms with Crippen LogP contribution in [0.1, 0.15) is 12.8 Å². The van der Waals surface area contributed by atoms with E-state index in [1.54, 1.807) is 6.20 Å². The van der Waals surface area contributed by atoms with E-state index in [0.717, 1.165) is 34.2 Å². The van der Waals surface area contributed by atoms with Crippen molar-refractivity contribution in [3.05, 3.63) is 34.9 Å². The fourth-order valence-corrected chi connectivity index (χ4v) is 2.90. The normalized spacial score (nSPS) is 17.8. The van der Waals surface area contributed by atoms with Gasteiger partial charge in [-0.3, -0.25) is 4.98 Å². The van der Waals surface area contributed by atoms with Gasteiger partial charge in [-0.2, -0.15) is 0 Å². The second kappa shape index (κ2) is 5.47. The molecular weight excluding hydrogens is 302 g/mol. The van der Waals surface area contributed by atoms with Gasteiger partial charge in [0.1, 0.15) is 0 Å². The first-order valence-electron chi connectivity index (χ1n) is 6.63. The van der Waals surface area contributed by atoms with Crippen LogP contribution in [0.15, 0.2) is 28.9 Å². The number of piperidine rings is 1. The third kappa shape index (κ3) is 2.90. The maximum Gasteiger partial charge on any atom is 0.0724 e. The van der Waals surface area contributed by atoms with Gasteiger partial charge in [0.2, 0.25) is 0 Å². The summed E-state index contributed by atoms with van der Waals surface area (Å²) in [6, 6.07) is 9.94. The van der Waals surface area contributed by atoms with E-state index in [1.807, 2.05) is 12.1 Å². The maximum atomic E-state index is 4.36. The lowest BCUT2D eigenvalue weighted by Gasteiger charge is -2.30. The Balaban J connectivity index is 1.86. The number of anilines is 1. The summed E-state index contributed by atoms with van der Waals surface area (Å²) in [6.45, 7) is 2.31. The van der Waals surface area contributed by atoms with Crippen LogP contribution in [0.3, 0.4) is 0 Å². The highest BCUT2D eigenvalue weighted by Crippen LogP contribution is 2.26. The first-order valence-corrected chi connectivity index (χ1v) is 7.43. The lowest BCUT2D eigenvalue weighted by atomic mass is 10.0. The number of nitrogens with one attached hydrogen (secondary N) is 1. The highest BCUT2D eigenvalue weighted by Gasteiger charge is 2.17. The molecule has 1 aromatic heterocycles. The molecule has 19 heavy (non-hydrogen) atoms. The van der Waals surface area contributed by atoms with E-state index in [9.17, 15) is 0 Å². The fraction of sp³-hybridized carbons (Fsp3) is 0.400. The third-order valence-electron chi connectivity index (χ3n) is 3.71. The second-order valence-electron chi connectivity index (χ2n) is 5.16. The zero-order chi connectivity index (χ0) is 13.2. The summed E-state index contributed by atoms with van der Waals surface area (Å²) in [4.78, 5) is 6.74. The molecule has 1 N–H and O–H groups in total. The maximum absolute atomic E-state index is 4.36. The van der Waals surface area contributed by atoms with E-state index in [4.69, 9.17) is 0 Å². The monoisotopic (exact) mass is 318 g/mol. The van der Waals surface area contributed by atoms with Gasteiger partial charge in [0.25, 0.3) is 0 Å². The van der Waals surface area contributed by atoms with Gasteiger partial charge in [0, 0.05) is 28.2 Å². The van der Waals surface area contributed by atoms with Crippen molar-refractivity contribution in [2.24, 2.45) is 0 Å². The molecule has 1 aliphatic rings. The lowest BCUT2D eigenvalue weighted by molar-refractivity contribution is 0.264. The van der Waals surface area contributed by atoms with E-state index in [-0.39, 0.29) is 0 Å². The van der Waals surface area contributed by atoms with Gasteiger partial charge >= 0.3 is 0 Å². The molecule has 3 nitrogen and oxygen atoms in total. The average molecular weight is 319 g/mol. The summed E-state index contributed by atoms with van der Waals surface area (Å²) in [5, 5.41) is 4.76. The molecule has 1 aromatic carbocycles. The molecule has 1 saturated heterocycles. The van der Waals surface area contributed by atoms with Gasteiger partial charge in [0.15, 0.2) is 0 Å². The number of hydrogen-bond acceptors (Lipinski definition) is 3. The lowest BCUT2D eigenvalue weighted by Crippen LogP contribution is -2.36. The molecule has 1 aliphatic heterocycles. The number of likely N-dealkylation sites (tertiary alicyclic amines) is 1. The molecule has 1 radical (unpaired) electrons. The largest absolute Gasteiger partial charge is 0.381 e. The van der Waals surface area contributed by atoms with Crippen molar-refractivity contribution in [1.29, 1.82) is 0 Å². The summed E-state index contributed by atoms with van der Waals surface area (Å²) >= 11 is 3.52. The Morgan fingerprint density at radius 2 is 2.16 bits per heavy atom. The van der Waals surface area contributed by atoms with Gasteiger partial charge in [-0.05, 0) is 51.2 Å². The molecule has 1 fully saturated rings. The topological polar surface area (TPSA) is 28.2 Å². The van der Waals surface area contributed by atoms with E-state index < -0.39 is 0 Å². The molecule has 2 heterocycles. The number of rotatable bonds is 2. The Kier molecular flexibility index (Phi) is 3.71. The molecule has 0 aliphatic carbocycles. The summed E-state index contributed by atoms with van der Waals surface area (Å²) in [7, 11) is 2.18. The number of aromatic nitrogens is 1. The smallest absolute Gasteiger partial charge is 0.0724 e. The minimum Gasteiger partial charge on any atom is -0.381 e. The van der Waals surface area contributed by atoms with Crippen LogP contribution in [0.4, 0.5) is 5.69 Å². The Hall–Kier alpha value is -1.13. The zero-order valence-electron chi connectivity index (χ0n) is 11.0. The first-order chi connectivity index (χ1) is 9.22. The number of benzene rings is 1. The predicted octanol–water partition coefficient (Wildman–Crippen LogP) is 3.30. The molecule has 0 spiro atoms. The van der Waals surface area contributed by atoms with Crippen molar-refractivity contribution in [3.8, 4) is 0 Å². The van der Waals surface area contributed by atoms with Crippen molar-refractivity contribution >= 4 is 32.5 Å². The number of halogens is 1. The summed E-state index contributed by atoms with van der Waals surface area (Å²) < 4.78 is 1.08. The van der Waals surface area contributed by atoms with Crippen LogP contribution in [-0.2, 0) is 0 Å². The Morgan fingerprint density at radius 1 is 1.37 bits per heavy atom. The summed E-state index contributed by atoms with van der Waals surface area (Å²) in [5.41, 5.74) is 2.08. The van der Waals surface area contributed by atoms with Crippen molar-refractivity contribution in [2.75, 3.05) is 25.5 Å².